The highest BCUT2D eigenvalue weighted by molar-refractivity contribution is 7.81. The Morgan fingerprint density at radius 3 is 2.30 bits per heavy atom. The summed E-state index contributed by atoms with van der Waals surface area (Å²) in [7, 11) is 0. The number of rotatable bonds is 19. The SMILES string of the molecule is C=CC(=O)Nc1cc(-c2nn(C3CCN(CC(=O)NCCCCCCCCNC(=O)CC(C)(C)S)CC3)c3ncnc(N)c23)ccc1Oc1ccccc1. The number of hydrogen-bond donors (Lipinski definition) is 5. The summed E-state index contributed by atoms with van der Waals surface area (Å²) >= 11 is 4.41. The molecular weight excluding hydrogens is 703 g/mol. The van der Waals surface area contributed by atoms with Crippen LogP contribution in [-0.4, -0.2) is 79.8 Å². The number of ether oxygens (including phenoxy) is 1. The highest BCUT2D eigenvalue weighted by Gasteiger charge is 2.27. The van der Waals surface area contributed by atoms with Crippen molar-refractivity contribution in [2.45, 2.75) is 82.4 Å². The van der Waals surface area contributed by atoms with Gasteiger partial charge in [-0.25, -0.2) is 14.6 Å². The fourth-order valence-electron chi connectivity index (χ4n) is 6.56. The van der Waals surface area contributed by atoms with E-state index < -0.39 is 0 Å². The standard InChI is InChI=1S/C40H53N9O4S/c1-4-33(50)46-31-24-28(16-17-32(31)53-30-14-10-9-11-15-30)37-36-38(41)44-27-45-39(36)49(47-37)29-18-22-48(23-19-29)26-35(52)43-21-13-8-6-5-7-12-20-42-34(51)25-40(2,3)54/h4,9-11,14-17,24,27,29,54H,1,5-8,12-13,18-23,25-26H2,2-3H3,(H,42,51)(H,43,52)(H,46,50)(H2,41,44,45). The fraction of sp³-hybridized carbons (Fsp3) is 0.450. The van der Waals surface area contributed by atoms with Gasteiger partial charge in [0.2, 0.25) is 17.7 Å². The first kappa shape index (κ1) is 40.2. The molecule has 0 aliphatic carbocycles. The minimum absolute atomic E-state index is 0.0416. The van der Waals surface area contributed by atoms with Crippen LogP contribution in [0, 0.1) is 0 Å². The van der Waals surface area contributed by atoms with Crippen molar-refractivity contribution >= 4 is 52.9 Å². The number of fused-ring (bicyclic) bond motifs is 1. The Morgan fingerprint density at radius 2 is 1.63 bits per heavy atom. The molecule has 3 amide bonds. The number of benzene rings is 2. The van der Waals surface area contributed by atoms with Gasteiger partial charge in [-0.05, 0) is 62.1 Å². The van der Waals surface area contributed by atoms with Crippen LogP contribution in [0.25, 0.3) is 22.3 Å². The molecule has 0 atom stereocenters. The molecule has 4 aromatic rings. The molecule has 1 aliphatic rings. The van der Waals surface area contributed by atoms with Crippen molar-refractivity contribution in [1.29, 1.82) is 0 Å². The number of nitrogens with zero attached hydrogens (tertiary/aromatic N) is 5. The van der Waals surface area contributed by atoms with E-state index in [2.05, 4.69) is 50.0 Å². The van der Waals surface area contributed by atoms with Crippen molar-refractivity contribution in [3.63, 3.8) is 0 Å². The van der Waals surface area contributed by atoms with E-state index in [4.69, 9.17) is 15.6 Å². The van der Waals surface area contributed by atoms with Crippen LogP contribution in [0.2, 0.25) is 0 Å². The van der Waals surface area contributed by atoms with E-state index in [1.165, 1.54) is 12.4 Å². The Balaban J connectivity index is 1.11. The molecule has 5 rings (SSSR count). The second kappa shape index (κ2) is 19.4. The Bertz CT molecular complexity index is 1890. The van der Waals surface area contributed by atoms with Crippen LogP contribution in [0.3, 0.4) is 0 Å². The summed E-state index contributed by atoms with van der Waals surface area (Å²) in [5, 5.41) is 14.6. The number of unbranched alkanes of at least 4 members (excludes halogenated alkanes) is 5. The van der Waals surface area contributed by atoms with E-state index in [1.807, 2.05) is 54.9 Å². The van der Waals surface area contributed by atoms with Crippen molar-refractivity contribution in [2.24, 2.45) is 0 Å². The summed E-state index contributed by atoms with van der Waals surface area (Å²) in [4.78, 5) is 48.0. The molecule has 0 saturated carbocycles. The largest absolute Gasteiger partial charge is 0.455 e. The number of hydrogen-bond acceptors (Lipinski definition) is 10. The second-order valence-corrected chi connectivity index (χ2v) is 15.6. The van der Waals surface area contributed by atoms with Gasteiger partial charge in [0.1, 0.15) is 23.6 Å². The quantitative estimate of drug-likeness (QED) is 0.0419. The number of para-hydroxylation sites is 1. The number of nitrogens with two attached hydrogens (primary N) is 1. The minimum Gasteiger partial charge on any atom is -0.455 e. The Labute approximate surface area is 322 Å². The lowest BCUT2D eigenvalue weighted by Crippen LogP contribution is -2.42. The lowest BCUT2D eigenvalue weighted by molar-refractivity contribution is -0.123. The third-order valence-electron chi connectivity index (χ3n) is 9.30. The van der Waals surface area contributed by atoms with E-state index >= 15 is 0 Å². The zero-order valence-corrected chi connectivity index (χ0v) is 32.2. The monoisotopic (exact) mass is 755 g/mol. The van der Waals surface area contributed by atoms with Gasteiger partial charge in [0.15, 0.2) is 11.4 Å². The Kier molecular flexibility index (Phi) is 14.5. The second-order valence-electron chi connectivity index (χ2n) is 14.4. The Hall–Kier alpha value is -4.95. The topological polar surface area (TPSA) is 169 Å². The van der Waals surface area contributed by atoms with Gasteiger partial charge in [0.05, 0.1) is 23.7 Å². The molecule has 54 heavy (non-hydrogen) atoms. The number of amides is 3. The molecule has 0 unspecified atom stereocenters. The van der Waals surface area contributed by atoms with Crippen LogP contribution in [0.15, 0.2) is 67.5 Å². The number of likely N-dealkylation sites (tertiary alicyclic amines) is 1. The molecule has 5 N–H and O–H groups in total. The zero-order valence-electron chi connectivity index (χ0n) is 31.4. The first-order chi connectivity index (χ1) is 26.0. The normalized spacial score (nSPS) is 13.8. The van der Waals surface area contributed by atoms with Crippen LogP contribution in [0.5, 0.6) is 11.5 Å². The summed E-state index contributed by atoms with van der Waals surface area (Å²) in [6, 6.07) is 14.8. The molecular formula is C40H53N9O4S. The predicted molar refractivity (Wildman–Crippen MR) is 217 cm³/mol. The molecule has 0 bridgehead atoms. The van der Waals surface area contributed by atoms with Gasteiger partial charge >= 0.3 is 0 Å². The van der Waals surface area contributed by atoms with Crippen LogP contribution in [-0.2, 0) is 14.4 Å². The molecule has 0 spiro atoms. The number of carbonyl (C=O) groups is 3. The molecule has 14 heteroatoms. The number of nitrogens with one attached hydrogen (secondary N) is 3. The highest BCUT2D eigenvalue weighted by Crippen LogP contribution is 2.38. The molecule has 288 valence electrons. The van der Waals surface area contributed by atoms with Gasteiger partial charge in [0, 0.05) is 42.9 Å². The summed E-state index contributed by atoms with van der Waals surface area (Å²) < 4.78 is 7.73. The summed E-state index contributed by atoms with van der Waals surface area (Å²) in [6.07, 6.45) is 10.9. The van der Waals surface area contributed by atoms with Gasteiger partial charge in [-0.2, -0.15) is 17.7 Å². The zero-order chi connectivity index (χ0) is 38.5. The number of nitrogen functional groups attached to an aromatic ring is 1. The average Bonchev–Trinajstić information content (AvgIpc) is 3.54. The maximum absolute atomic E-state index is 12.7. The molecule has 3 heterocycles. The number of carbonyl (C=O) groups excluding carboxylic acids is 3. The van der Waals surface area contributed by atoms with Gasteiger partial charge in [-0.15, -0.1) is 0 Å². The van der Waals surface area contributed by atoms with E-state index in [-0.39, 0.29) is 28.5 Å². The third kappa shape index (κ3) is 11.8. The first-order valence-electron chi connectivity index (χ1n) is 18.8. The maximum atomic E-state index is 12.7. The molecule has 1 aliphatic heterocycles. The summed E-state index contributed by atoms with van der Waals surface area (Å²) in [6.45, 7) is 10.7. The summed E-state index contributed by atoms with van der Waals surface area (Å²) in [5.74, 6) is 1.12. The molecule has 1 saturated heterocycles. The van der Waals surface area contributed by atoms with E-state index in [0.717, 1.165) is 64.5 Å². The molecule has 1 fully saturated rings. The lowest BCUT2D eigenvalue weighted by Gasteiger charge is -2.31. The number of anilines is 2. The predicted octanol–water partition coefficient (Wildman–Crippen LogP) is 6.30. The van der Waals surface area contributed by atoms with Crippen LogP contribution < -0.4 is 26.4 Å². The van der Waals surface area contributed by atoms with Gasteiger partial charge < -0.3 is 26.4 Å². The molecule has 13 nitrogen and oxygen atoms in total. The third-order valence-corrected chi connectivity index (χ3v) is 9.45. The maximum Gasteiger partial charge on any atom is 0.247 e. The van der Waals surface area contributed by atoms with E-state index in [1.54, 1.807) is 12.1 Å². The van der Waals surface area contributed by atoms with Gasteiger partial charge in [-0.1, -0.05) is 64.3 Å². The van der Waals surface area contributed by atoms with Crippen molar-refractivity contribution in [2.75, 3.05) is 43.8 Å². The van der Waals surface area contributed by atoms with Crippen molar-refractivity contribution in [1.82, 2.24) is 35.3 Å². The molecule has 2 aromatic carbocycles. The van der Waals surface area contributed by atoms with Crippen LogP contribution in [0.1, 0.15) is 77.7 Å². The van der Waals surface area contributed by atoms with Crippen molar-refractivity contribution in [3.05, 3.63) is 67.5 Å². The molecule has 2 aromatic heterocycles. The molecule has 0 radical (unpaired) electrons. The average molecular weight is 756 g/mol. The Morgan fingerprint density at radius 1 is 0.963 bits per heavy atom. The van der Waals surface area contributed by atoms with Gasteiger partial charge in [-0.3, -0.25) is 19.3 Å². The number of thiol groups is 1. The van der Waals surface area contributed by atoms with Crippen molar-refractivity contribution < 1.29 is 19.1 Å². The lowest BCUT2D eigenvalue weighted by atomic mass is 10.1. The minimum atomic E-state index is -0.375. The smallest absolute Gasteiger partial charge is 0.247 e. The number of aromatic nitrogens is 4. The van der Waals surface area contributed by atoms with Gasteiger partial charge in [0.25, 0.3) is 0 Å². The fourth-order valence-corrected chi connectivity index (χ4v) is 6.71. The highest BCUT2D eigenvalue weighted by atomic mass is 32.1. The van der Waals surface area contributed by atoms with E-state index in [0.29, 0.717) is 71.4 Å². The number of piperidine rings is 1. The summed E-state index contributed by atoms with van der Waals surface area (Å²) in [5.41, 5.74) is 8.82. The first-order valence-corrected chi connectivity index (χ1v) is 19.2. The van der Waals surface area contributed by atoms with Crippen molar-refractivity contribution in [3.8, 4) is 22.8 Å². The van der Waals surface area contributed by atoms with Crippen LogP contribution >= 0.6 is 12.6 Å². The van der Waals surface area contributed by atoms with Crippen LogP contribution in [0.4, 0.5) is 11.5 Å². The van der Waals surface area contributed by atoms with E-state index in [9.17, 15) is 14.4 Å².